The summed E-state index contributed by atoms with van der Waals surface area (Å²) < 4.78 is 26.4. The summed E-state index contributed by atoms with van der Waals surface area (Å²) >= 11 is 0. The van der Waals surface area contributed by atoms with Crippen LogP contribution in [-0.4, -0.2) is 52.5 Å². The second-order valence-corrected chi connectivity index (χ2v) is 11.4. The van der Waals surface area contributed by atoms with Gasteiger partial charge in [-0.3, -0.25) is 24.1 Å². The lowest BCUT2D eigenvalue weighted by atomic mass is 10.1. The number of esters is 1. The van der Waals surface area contributed by atoms with Gasteiger partial charge in [-0.2, -0.15) is 0 Å². The van der Waals surface area contributed by atoms with Crippen LogP contribution >= 0.6 is 0 Å². The third kappa shape index (κ3) is 8.65. The molecule has 0 aliphatic rings. The molecular weight excluding hydrogens is 568 g/mol. The molecule has 0 spiro atoms. The van der Waals surface area contributed by atoms with Crippen molar-refractivity contribution in [2.45, 2.75) is 18.2 Å². The predicted molar refractivity (Wildman–Crippen MR) is 164 cm³/mol. The largest absolute Gasteiger partial charge is 0.468 e. The summed E-state index contributed by atoms with van der Waals surface area (Å²) in [5, 5.41) is 7.23. The second kappa shape index (κ2) is 14.6. The number of carbonyl (C=O) groups is 3. The van der Waals surface area contributed by atoms with E-state index in [-0.39, 0.29) is 23.8 Å². The molecule has 0 fully saturated rings. The van der Waals surface area contributed by atoms with Crippen molar-refractivity contribution in [3.8, 4) is 11.8 Å². The quantitative estimate of drug-likeness (QED) is 0.109. The molecule has 4 rings (SSSR count). The van der Waals surface area contributed by atoms with Gasteiger partial charge in [-0.1, -0.05) is 36.1 Å². The van der Waals surface area contributed by atoms with E-state index in [1.165, 1.54) is 31.1 Å². The van der Waals surface area contributed by atoms with Crippen LogP contribution in [0.15, 0.2) is 94.7 Å². The van der Waals surface area contributed by atoms with Gasteiger partial charge >= 0.3 is 5.97 Å². The Bertz CT molecular complexity index is 1800. The molecule has 0 bridgehead atoms. The minimum absolute atomic E-state index is 0.0201. The lowest BCUT2D eigenvalue weighted by Gasteiger charge is -2.14. The van der Waals surface area contributed by atoms with Crippen molar-refractivity contribution in [2.24, 2.45) is 0 Å². The highest BCUT2D eigenvalue weighted by Gasteiger charge is 2.17. The second-order valence-electron chi connectivity index (χ2n) is 9.23. The number of aryl methyl sites for hydroxylation is 1. The minimum Gasteiger partial charge on any atom is -0.468 e. The highest BCUT2D eigenvalue weighted by Crippen LogP contribution is 2.15. The van der Waals surface area contributed by atoms with Gasteiger partial charge in [-0.05, 0) is 67.7 Å². The Balaban J connectivity index is 1.48. The molecule has 0 radical (unpaired) electrons. The number of methoxy groups -OCH3 is 1. The molecule has 43 heavy (non-hydrogen) atoms. The molecule has 11 heteroatoms. The van der Waals surface area contributed by atoms with Crippen LogP contribution in [0.5, 0.6) is 0 Å². The Morgan fingerprint density at radius 2 is 1.77 bits per heavy atom. The molecule has 0 aliphatic carbocycles. The van der Waals surface area contributed by atoms with Crippen molar-refractivity contribution in [1.82, 2.24) is 15.0 Å². The normalized spacial score (nSPS) is 11.8. The number of furan rings is 1. The van der Waals surface area contributed by atoms with Crippen LogP contribution in [-0.2, 0) is 19.2 Å². The molecule has 1 unspecified atom stereocenters. The number of hydrogen-bond acceptors (Lipinski definition) is 8. The molecule has 0 saturated carbocycles. The van der Waals surface area contributed by atoms with Crippen LogP contribution in [0.25, 0.3) is 0 Å². The van der Waals surface area contributed by atoms with Crippen molar-refractivity contribution in [3.63, 3.8) is 0 Å². The number of aromatic nitrogens is 1. The van der Waals surface area contributed by atoms with Crippen LogP contribution in [0.1, 0.15) is 44.0 Å². The molecule has 220 valence electrons. The monoisotopic (exact) mass is 598 g/mol. The third-order valence-electron chi connectivity index (χ3n) is 6.05. The van der Waals surface area contributed by atoms with E-state index in [1.54, 1.807) is 73.7 Å². The molecule has 0 saturated heterocycles. The average molecular weight is 599 g/mol. The van der Waals surface area contributed by atoms with Gasteiger partial charge in [-0.15, -0.1) is 0 Å². The highest BCUT2D eigenvalue weighted by atomic mass is 32.2. The van der Waals surface area contributed by atoms with Crippen LogP contribution in [0.4, 0.5) is 5.69 Å². The van der Waals surface area contributed by atoms with E-state index in [9.17, 15) is 18.6 Å². The Morgan fingerprint density at radius 1 is 0.977 bits per heavy atom. The minimum atomic E-state index is -3.11. The first-order valence-electron chi connectivity index (χ1n) is 13.2. The van der Waals surface area contributed by atoms with Crippen LogP contribution in [0, 0.1) is 18.8 Å². The molecule has 2 heterocycles. The van der Waals surface area contributed by atoms with Crippen molar-refractivity contribution in [2.75, 3.05) is 25.5 Å². The standard InChI is InChI=1S/C32H30N4O6S/c1-23-14-16-42-30(23)32(39)35-27-9-6-8-24(19-27)12-13-25-18-26(21-34-20-25)31(38)36-43(40,28-10-4-3-5-11-28)17-7-15-33-22-29(37)41-2/h3-6,8-11,14,16-21,33H,7,15,22H2,1-2H3,(H,35,39)(H,36,38,40). The van der Waals surface area contributed by atoms with Gasteiger partial charge in [0, 0.05) is 39.7 Å². The topological polar surface area (TPSA) is 140 Å². The summed E-state index contributed by atoms with van der Waals surface area (Å²) in [5.41, 5.74) is 2.56. The van der Waals surface area contributed by atoms with Gasteiger partial charge in [0.2, 0.25) is 0 Å². The number of nitrogens with zero attached hydrogens (tertiary/aromatic N) is 1. The number of rotatable bonds is 10. The number of carbonyl (C=O) groups excluding carboxylic acids is 3. The lowest BCUT2D eigenvalue weighted by molar-refractivity contribution is -0.139. The highest BCUT2D eigenvalue weighted by molar-refractivity contribution is 8.00. The molecule has 4 aromatic rings. The molecule has 3 N–H and O–H groups in total. The maximum Gasteiger partial charge on any atom is 0.319 e. The molecule has 2 aromatic heterocycles. The molecule has 2 amide bonds. The average Bonchev–Trinajstić information content (AvgIpc) is 3.46. The maximum absolute atomic E-state index is 13.9. The van der Waals surface area contributed by atoms with Crippen molar-refractivity contribution in [3.05, 3.63) is 113 Å². The molecule has 1 atom stereocenters. The summed E-state index contributed by atoms with van der Waals surface area (Å²) in [6.45, 7) is 2.16. The number of nitrogens with one attached hydrogen (secondary N) is 3. The summed E-state index contributed by atoms with van der Waals surface area (Å²) in [7, 11) is -1.81. The van der Waals surface area contributed by atoms with Crippen LogP contribution < -0.4 is 15.4 Å². The van der Waals surface area contributed by atoms with E-state index in [2.05, 4.69) is 36.9 Å². The molecule has 2 aromatic carbocycles. The Hall–Kier alpha value is -5.18. The fourth-order valence-electron chi connectivity index (χ4n) is 3.85. The van der Waals surface area contributed by atoms with E-state index in [0.29, 0.717) is 34.7 Å². The number of ether oxygens (including phenoxy) is 1. The summed E-state index contributed by atoms with van der Waals surface area (Å²) in [4.78, 5) is 41.6. The lowest BCUT2D eigenvalue weighted by Crippen LogP contribution is -2.33. The van der Waals surface area contributed by atoms with Gasteiger partial charge in [0.25, 0.3) is 11.8 Å². The first-order valence-corrected chi connectivity index (χ1v) is 14.8. The van der Waals surface area contributed by atoms with E-state index >= 15 is 0 Å². The molecule has 10 nitrogen and oxygen atoms in total. The number of benzene rings is 2. The third-order valence-corrected chi connectivity index (χ3v) is 8.21. The Kier molecular flexibility index (Phi) is 10.5. The van der Waals surface area contributed by atoms with Crippen molar-refractivity contribution in [1.29, 1.82) is 0 Å². The van der Waals surface area contributed by atoms with Gasteiger partial charge < -0.3 is 19.8 Å². The smallest absolute Gasteiger partial charge is 0.319 e. The Labute approximate surface area is 250 Å². The van der Waals surface area contributed by atoms with Gasteiger partial charge in [0.15, 0.2) is 5.76 Å². The predicted octanol–water partition coefficient (Wildman–Crippen LogP) is 3.58. The molecule has 0 aliphatic heterocycles. The van der Waals surface area contributed by atoms with Crippen molar-refractivity contribution >= 4 is 38.5 Å². The fourth-order valence-corrected chi connectivity index (χ4v) is 5.65. The van der Waals surface area contributed by atoms with Crippen molar-refractivity contribution < 1.29 is 27.7 Å². The number of amides is 2. The zero-order chi connectivity index (χ0) is 30.7. The summed E-state index contributed by atoms with van der Waals surface area (Å²) in [6, 6.07) is 18.9. The number of hydrogen-bond donors (Lipinski definition) is 3. The van der Waals surface area contributed by atoms with E-state index in [0.717, 1.165) is 5.56 Å². The zero-order valence-corrected chi connectivity index (χ0v) is 24.4. The maximum atomic E-state index is 13.9. The van der Waals surface area contributed by atoms with Crippen LogP contribution in [0.3, 0.4) is 0 Å². The van der Waals surface area contributed by atoms with E-state index in [1.807, 2.05) is 0 Å². The number of pyridine rings is 1. The van der Waals surface area contributed by atoms with Gasteiger partial charge in [0.05, 0.1) is 35.2 Å². The Morgan fingerprint density at radius 3 is 2.51 bits per heavy atom. The summed E-state index contributed by atoms with van der Waals surface area (Å²) in [6.07, 6.45) is 4.66. The first kappa shape index (κ1) is 30.8. The fraction of sp³-hybridized carbons (Fsp3) is 0.156. The zero-order valence-electron chi connectivity index (χ0n) is 23.6. The SMILES string of the molecule is COC(=O)CNCCC=S(=O)(NC(=O)c1cncc(C#Cc2cccc(NC(=O)c3occc3C)c2)c1)c1ccccc1. The molecular formula is C32H30N4O6S. The van der Waals surface area contributed by atoms with Gasteiger partial charge in [0.1, 0.15) is 0 Å². The first-order chi connectivity index (χ1) is 20.8. The summed E-state index contributed by atoms with van der Waals surface area (Å²) in [5.74, 6) is 4.88. The van der Waals surface area contributed by atoms with Gasteiger partial charge in [-0.25, -0.2) is 4.21 Å². The number of anilines is 1. The van der Waals surface area contributed by atoms with E-state index < -0.39 is 21.6 Å². The van der Waals surface area contributed by atoms with E-state index in [4.69, 9.17) is 4.42 Å². The van der Waals surface area contributed by atoms with Crippen LogP contribution in [0.2, 0.25) is 0 Å².